The fourth-order valence-corrected chi connectivity index (χ4v) is 2.27. The Morgan fingerprint density at radius 3 is 2.56 bits per heavy atom. The normalized spacial score (nSPS) is 14.2. The molecule has 1 aromatic rings. The summed E-state index contributed by atoms with van der Waals surface area (Å²) in [6.45, 7) is 2.43. The average Bonchev–Trinajstić information content (AvgIpc) is 2.38. The van der Waals surface area contributed by atoms with Crippen LogP contribution in [0.1, 0.15) is 6.92 Å². The van der Waals surface area contributed by atoms with Crippen LogP contribution in [-0.2, 0) is 0 Å². The van der Waals surface area contributed by atoms with E-state index in [1.165, 1.54) is 0 Å². The lowest BCUT2D eigenvalue weighted by molar-refractivity contribution is 0.126. The van der Waals surface area contributed by atoms with Gasteiger partial charge in [-0.2, -0.15) is 11.8 Å². The molecule has 1 rings (SSSR count). The number of benzene rings is 1. The first-order chi connectivity index (χ1) is 8.61. The van der Waals surface area contributed by atoms with Gasteiger partial charge in [0.15, 0.2) is 0 Å². The number of anilines is 1. The Balaban J connectivity index is 2.16. The lowest BCUT2D eigenvalue weighted by Gasteiger charge is -2.13. The van der Waals surface area contributed by atoms with E-state index in [4.69, 9.17) is 15.6 Å². The van der Waals surface area contributed by atoms with Crippen molar-refractivity contribution in [2.45, 2.75) is 13.0 Å². The molecule has 0 bridgehead atoms. The Kier molecular flexibility index (Phi) is 6.93. The lowest BCUT2D eigenvalue weighted by Crippen LogP contribution is -2.21. The fourth-order valence-electron chi connectivity index (χ4n) is 1.26. The van der Waals surface area contributed by atoms with Crippen molar-refractivity contribution >= 4 is 17.4 Å². The average molecular weight is 271 g/mol. The van der Waals surface area contributed by atoms with Crippen LogP contribution >= 0.6 is 11.8 Å². The van der Waals surface area contributed by atoms with Gasteiger partial charge in [0.2, 0.25) is 0 Å². The molecule has 5 heteroatoms. The van der Waals surface area contributed by atoms with Crippen molar-refractivity contribution in [2.75, 3.05) is 30.5 Å². The zero-order chi connectivity index (χ0) is 13.4. The molecule has 102 valence electrons. The summed E-state index contributed by atoms with van der Waals surface area (Å²) in [5.41, 5.74) is 6.25. The summed E-state index contributed by atoms with van der Waals surface area (Å²) >= 11 is 1.62. The third kappa shape index (κ3) is 6.14. The van der Waals surface area contributed by atoms with E-state index in [-0.39, 0.29) is 19.1 Å². The summed E-state index contributed by atoms with van der Waals surface area (Å²) in [7, 11) is 0. The van der Waals surface area contributed by atoms with Crippen molar-refractivity contribution in [1.29, 1.82) is 0 Å². The lowest BCUT2D eigenvalue weighted by atomic mass is 10.2. The largest absolute Gasteiger partial charge is 0.491 e. The minimum Gasteiger partial charge on any atom is -0.491 e. The van der Waals surface area contributed by atoms with Crippen molar-refractivity contribution in [3.05, 3.63) is 24.3 Å². The number of aliphatic hydroxyl groups excluding tert-OH is 2. The van der Waals surface area contributed by atoms with Crippen LogP contribution in [0.15, 0.2) is 24.3 Å². The van der Waals surface area contributed by atoms with Crippen LogP contribution in [0.5, 0.6) is 5.75 Å². The Bertz CT molecular complexity index is 332. The third-order valence-corrected chi connectivity index (χ3v) is 3.77. The van der Waals surface area contributed by atoms with E-state index in [9.17, 15) is 5.11 Å². The number of nitrogen functional groups attached to an aromatic ring is 1. The summed E-state index contributed by atoms with van der Waals surface area (Å²) in [6.07, 6.45) is -0.501. The molecule has 18 heavy (non-hydrogen) atoms. The zero-order valence-corrected chi connectivity index (χ0v) is 11.4. The third-order valence-electron chi connectivity index (χ3n) is 2.35. The molecule has 1 aromatic carbocycles. The van der Waals surface area contributed by atoms with Gasteiger partial charge in [-0.3, -0.25) is 0 Å². The van der Waals surface area contributed by atoms with Crippen LogP contribution in [-0.4, -0.2) is 41.0 Å². The number of hydrogen-bond acceptors (Lipinski definition) is 5. The molecule has 0 radical (unpaired) electrons. The predicted molar refractivity (Wildman–Crippen MR) is 75.9 cm³/mol. The number of ether oxygens (including phenoxy) is 1. The second-order valence-corrected chi connectivity index (χ2v) is 5.43. The van der Waals surface area contributed by atoms with Crippen molar-refractivity contribution < 1.29 is 14.9 Å². The summed E-state index contributed by atoms with van der Waals surface area (Å²) in [5, 5.41) is 18.6. The predicted octanol–water partition coefficient (Wildman–Crippen LogP) is 1.37. The fraction of sp³-hybridized carbons (Fsp3) is 0.538. The maximum Gasteiger partial charge on any atom is 0.119 e. The molecule has 0 amide bonds. The van der Waals surface area contributed by atoms with E-state index in [1.54, 1.807) is 36.0 Å². The van der Waals surface area contributed by atoms with Gasteiger partial charge in [-0.25, -0.2) is 0 Å². The molecule has 4 nitrogen and oxygen atoms in total. The van der Waals surface area contributed by atoms with Gasteiger partial charge < -0.3 is 20.7 Å². The van der Waals surface area contributed by atoms with Gasteiger partial charge in [-0.15, -0.1) is 0 Å². The summed E-state index contributed by atoms with van der Waals surface area (Å²) in [4.78, 5) is 0. The summed E-state index contributed by atoms with van der Waals surface area (Å²) in [5.74, 6) is 2.42. The first kappa shape index (κ1) is 15.1. The minimum atomic E-state index is -0.501. The summed E-state index contributed by atoms with van der Waals surface area (Å²) < 4.78 is 5.44. The van der Waals surface area contributed by atoms with Gasteiger partial charge in [0.25, 0.3) is 0 Å². The number of hydrogen-bond donors (Lipinski definition) is 3. The van der Waals surface area contributed by atoms with E-state index >= 15 is 0 Å². The highest BCUT2D eigenvalue weighted by atomic mass is 32.2. The monoisotopic (exact) mass is 271 g/mol. The van der Waals surface area contributed by atoms with E-state index in [0.717, 1.165) is 5.75 Å². The molecule has 0 spiro atoms. The SMILES string of the molecule is CC(CO)CSCC(O)COc1ccc(N)cc1. The van der Waals surface area contributed by atoms with Gasteiger partial charge in [0, 0.05) is 18.0 Å². The van der Waals surface area contributed by atoms with Crippen LogP contribution in [0.2, 0.25) is 0 Å². The highest BCUT2D eigenvalue weighted by molar-refractivity contribution is 7.99. The molecule has 0 aromatic heterocycles. The van der Waals surface area contributed by atoms with E-state index < -0.39 is 6.10 Å². The molecule has 0 heterocycles. The highest BCUT2D eigenvalue weighted by Crippen LogP contribution is 2.14. The maximum absolute atomic E-state index is 9.72. The Hall–Kier alpha value is -0.910. The topological polar surface area (TPSA) is 75.7 Å². The minimum absolute atomic E-state index is 0.186. The van der Waals surface area contributed by atoms with Crippen LogP contribution < -0.4 is 10.5 Å². The van der Waals surface area contributed by atoms with E-state index in [1.807, 2.05) is 6.92 Å². The Morgan fingerprint density at radius 1 is 1.28 bits per heavy atom. The summed E-state index contributed by atoms with van der Waals surface area (Å²) in [6, 6.07) is 7.09. The standard InChI is InChI=1S/C13H21NO3S/c1-10(6-15)8-18-9-12(16)7-17-13-4-2-11(14)3-5-13/h2-5,10,12,15-16H,6-9,14H2,1H3. The molecule has 2 atom stereocenters. The number of aliphatic hydroxyl groups is 2. The molecule has 0 aliphatic carbocycles. The van der Waals surface area contributed by atoms with E-state index in [2.05, 4.69) is 0 Å². The molecule has 0 aliphatic rings. The molecule has 0 aliphatic heterocycles. The molecule has 0 saturated heterocycles. The van der Waals surface area contributed by atoms with Crippen molar-refractivity contribution in [2.24, 2.45) is 5.92 Å². The molecule has 4 N–H and O–H groups in total. The van der Waals surface area contributed by atoms with Crippen LogP contribution in [0.4, 0.5) is 5.69 Å². The van der Waals surface area contributed by atoms with Crippen LogP contribution in [0.3, 0.4) is 0 Å². The number of rotatable bonds is 8. The molecule has 0 saturated carbocycles. The maximum atomic E-state index is 9.72. The van der Waals surface area contributed by atoms with Gasteiger partial charge in [-0.1, -0.05) is 6.92 Å². The van der Waals surface area contributed by atoms with Gasteiger partial charge in [0.1, 0.15) is 12.4 Å². The first-order valence-corrected chi connectivity index (χ1v) is 7.12. The second kappa shape index (κ2) is 8.24. The zero-order valence-electron chi connectivity index (χ0n) is 10.6. The molecular weight excluding hydrogens is 250 g/mol. The highest BCUT2D eigenvalue weighted by Gasteiger charge is 2.07. The van der Waals surface area contributed by atoms with Crippen molar-refractivity contribution in [3.8, 4) is 5.75 Å². The quantitative estimate of drug-likeness (QED) is 0.623. The van der Waals surface area contributed by atoms with E-state index in [0.29, 0.717) is 17.2 Å². The van der Waals surface area contributed by atoms with Gasteiger partial charge in [0.05, 0.1) is 6.10 Å². The molecule has 0 fully saturated rings. The first-order valence-electron chi connectivity index (χ1n) is 5.96. The van der Waals surface area contributed by atoms with Gasteiger partial charge in [-0.05, 0) is 35.9 Å². The van der Waals surface area contributed by atoms with Crippen LogP contribution in [0.25, 0.3) is 0 Å². The van der Waals surface area contributed by atoms with Gasteiger partial charge >= 0.3 is 0 Å². The van der Waals surface area contributed by atoms with Crippen molar-refractivity contribution in [3.63, 3.8) is 0 Å². The number of thioether (sulfide) groups is 1. The van der Waals surface area contributed by atoms with Crippen molar-refractivity contribution in [1.82, 2.24) is 0 Å². The molecular formula is C13H21NO3S. The number of nitrogens with two attached hydrogens (primary N) is 1. The Morgan fingerprint density at radius 2 is 1.94 bits per heavy atom. The molecule has 2 unspecified atom stereocenters. The second-order valence-electron chi connectivity index (χ2n) is 4.36. The van der Waals surface area contributed by atoms with Crippen LogP contribution in [0, 0.1) is 5.92 Å². The Labute approximate surface area is 112 Å². The smallest absolute Gasteiger partial charge is 0.119 e.